The molecule has 0 N–H and O–H groups in total. The van der Waals surface area contributed by atoms with Crippen molar-refractivity contribution in [3.63, 3.8) is 0 Å². The molecule has 23 heavy (non-hydrogen) atoms. The van der Waals surface area contributed by atoms with E-state index in [2.05, 4.69) is 4.90 Å². The highest BCUT2D eigenvalue weighted by molar-refractivity contribution is 7.90. The zero-order valence-electron chi connectivity index (χ0n) is 15.4. The lowest BCUT2D eigenvalue weighted by molar-refractivity contribution is 0.101. The minimum atomic E-state index is -3.02. The van der Waals surface area contributed by atoms with Gasteiger partial charge in [0.25, 0.3) is 0 Å². The van der Waals surface area contributed by atoms with Crippen LogP contribution in [-0.4, -0.2) is 43.7 Å². The van der Waals surface area contributed by atoms with E-state index in [0.717, 1.165) is 34.4 Å². The number of Topliss-reactive ketones (excluding diaryl/α,β-unsaturated/α-hetero) is 1. The quantitative estimate of drug-likeness (QED) is 0.717. The molecular formula is C18H29NO3S. The highest BCUT2D eigenvalue weighted by Gasteiger charge is 2.21. The summed E-state index contributed by atoms with van der Waals surface area (Å²) >= 11 is 0. The van der Waals surface area contributed by atoms with Crippen molar-refractivity contribution in [1.29, 1.82) is 0 Å². The van der Waals surface area contributed by atoms with Gasteiger partial charge in [-0.2, -0.15) is 0 Å². The predicted molar refractivity (Wildman–Crippen MR) is 95.9 cm³/mol. The SMILES string of the molecule is CCN(Cc1c(C)cc(C)c(C(C)=O)c1C)C(C)CS(C)(=O)=O. The molecule has 0 bridgehead atoms. The molecule has 0 saturated carbocycles. The summed E-state index contributed by atoms with van der Waals surface area (Å²) in [5.74, 6) is 0.221. The number of benzene rings is 1. The molecular weight excluding hydrogens is 310 g/mol. The maximum Gasteiger partial charge on any atom is 0.160 e. The molecule has 0 aliphatic heterocycles. The van der Waals surface area contributed by atoms with Crippen LogP contribution in [0.25, 0.3) is 0 Å². The summed E-state index contributed by atoms with van der Waals surface area (Å²) in [5, 5.41) is 0. The van der Waals surface area contributed by atoms with Crippen LogP contribution in [0.3, 0.4) is 0 Å². The number of aryl methyl sites for hydroxylation is 2. The summed E-state index contributed by atoms with van der Waals surface area (Å²) in [6.45, 7) is 13.0. The van der Waals surface area contributed by atoms with Crippen LogP contribution in [0.1, 0.15) is 53.4 Å². The fourth-order valence-electron chi connectivity index (χ4n) is 3.34. The van der Waals surface area contributed by atoms with Gasteiger partial charge >= 0.3 is 0 Å². The standard InChI is InChI=1S/C18H29NO3S/c1-8-19(14(4)11-23(7,21)22)10-17-12(2)9-13(3)18(15(17)5)16(6)20/h9,14H,8,10-11H2,1-7H3. The lowest BCUT2D eigenvalue weighted by Crippen LogP contribution is -2.37. The van der Waals surface area contributed by atoms with Gasteiger partial charge in [-0.05, 0) is 63.4 Å². The number of hydrogen-bond donors (Lipinski definition) is 0. The van der Waals surface area contributed by atoms with Crippen LogP contribution in [0.5, 0.6) is 0 Å². The van der Waals surface area contributed by atoms with Gasteiger partial charge < -0.3 is 0 Å². The second-order valence-electron chi connectivity index (χ2n) is 6.55. The van der Waals surface area contributed by atoms with Crippen LogP contribution in [0.15, 0.2) is 6.07 Å². The molecule has 5 heteroatoms. The molecule has 0 aromatic heterocycles. The van der Waals surface area contributed by atoms with Crippen molar-refractivity contribution in [2.24, 2.45) is 0 Å². The van der Waals surface area contributed by atoms with E-state index in [1.54, 1.807) is 6.92 Å². The largest absolute Gasteiger partial charge is 0.296 e. The fourth-order valence-corrected chi connectivity index (χ4v) is 4.42. The van der Waals surface area contributed by atoms with E-state index >= 15 is 0 Å². The third-order valence-corrected chi connectivity index (χ3v) is 5.51. The van der Waals surface area contributed by atoms with E-state index in [9.17, 15) is 13.2 Å². The molecule has 0 heterocycles. The molecule has 0 saturated heterocycles. The molecule has 1 rings (SSSR count). The summed E-state index contributed by atoms with van der Waals surface area (Å²) in [6.07, 6.45) is 1.27. The molecule has 0 spiro atoms. The molecule has 4 nitrogen and oxygen atoms in total. The van der Waals surface area contributed by atoms with Crippen LogP contribution < -0.4 is 0 Å². The molecule has 1 atom stereocenters. The first-order chi connectivity index (χ1) is 10.5. The van der Waals surface area contributed by atoms with Crippen LogP contribution in [0, 0.1) is 20.8 Å². The molecule has 1 unspecified atom stereocenters. The Morgan fingerprint density at radius 2 is 1.78 bits per heavy atom. The van der Waals surface area contributed by atoms with Crippen molar-refractivity contribution >= 4 is 15.6 Å². The maximum atomic E-state index is 11.9. The zero-order valence-corrected chi connectivity index (χ0v) is 16.2. The van der Waals surface area contributed by atoms with Gasteiger partial charge in [-0.3, -0.25) is 9.69 Å². The van der Waals surface area contributed by atoms with Gasteiger partial charge in [-0.1, -0.05) is 13.0 Å². The van der Waals surface area contributed by atoms with Crippen molar-refractivity contribution in [2.45, 2.75) is 54.1 Å². The Bertz CT molecular complexity index is 693. The number of ketones is 1. The lowest BCUT2D eigenvalue weighted by atomic mass is 9.91. The first-order valence-electron chi connectivity index (χ1n) is 8.00. The molecule has 0 amide bonds. The molecule has 130 valence electrons. The number of carbonyl (C=O) groups is 1. The lowest BCUT2D eigenvalue weighted by Gasteiger charge is -2.29. The molecule has 0 radical (unpaired) electrons. The minimum Gasteiger partial charge on any atom is -0.296 e. The van der Waals surface area contributed by atoms with E-state index in [0.29, 0.717) is 6.54 Å². The van der Waals surface area contributed by atoms with Gasteiger partial charge in [0, 0.05) is 24.4 Å². The Balaban J connectivity index is 3.21. The first kappa shape index (κ1) is 19.8. The van der Waals surface area contributed by atoms with Crippen LogP contribution in [0.4, 0.5) is 0 Å². The van der Waals surface area contributed by atoms with E-state index in [1.165, 1.54) is 6.26 Å². The van der Waals surface area contributed by atoms with E-state index < -0.39 is 9.84 Å². The summed E-state index contributed by atoms with van der Waals surface area (Å²) in [6, 6.07) is 1.99. The normalized spacial score (nSPS) is 13.4. The van der Waals surface area contributed by atoms with Gasteiger partial charge in [0.15, 0.2) is 5.78 Å². The Hall–Kier alpha value is -1.20. The number of nitrogens with zero attached hydrogens (tertiary/aromatic N) is 1. The molecule has 0 aliphatic carbocycles. The number of sulfone groups is 1. The van der Waals surface area contributed by atoms with Crippen LogP contribution in [0.2, 0.25) is 0 Å². The second-order valence-corrected chi connectivity index (χ2v) is 8.73. The van der Waals surface area contributed by atoms with E-state index in [-0.39, 0.29) is 17.6 Å². The Morgan fingerprint density at radius 1 is 1.22 bits per heavy atom. The predicted octanol–water partition coefficient (Wildman–Crippen LogP) is 3.07. The summed E-state index contributed by atoms with van der Waals surface area (Å²) < 4.78 is 23.1. The minimum absolute atomic E-state index is 0.0594. The topological polar surface area (TPSA) is 54.5 Å². The fraction of sp³-hybridized carbons (Fsp3) is 0.611. The van der Waals surface area contributed by atoms with Gasteiger partial charge in [-0.15, -0.1) is 0 Å². The van der Waals surface area contributed by atoms with Crippen molar-refractivity contribution in [3.05, 3.63) is 33.9 Å². The van der Waals surface area contributed by atoms with Gasteiger partial charge in [0.1, 0.15) is 9.84 Å². The highest BCUT2D eigenvalue weighted by Crippen LogP contribution is 2.25. The number of carbonyl (C=O) groups excluding carboxylic acids is 1. The molecule has 0 aliphatic rings. The van der Waals surface area contributed by atoms with Crippen molar-refractivity contribution < 1.29 is 13.2 Å². The van der Waals surface area contributed by atoms with Crippen LogP contribution >= 0.6 is 0 Å². The summed E-state index contributed by atoms with van der Waals surface area (Å²) in [7, 11) is -3.02. The zero-order chi connectivity index (χ0) is 17.9. The molecule has 0 fully saturated rings. The third-order valence-electron chi connectivity index (χ3n) is 4.42. The number of rotatable bonds is 7. The molecule has 1 aromatic rings. The average Bonchev–Trinajstić information content (AvgIpc) is 2.35. The Labute approximate surface area is 140 Å². The smallest absolute Gasteiger partial charge is 0.160 e. The summed E-state index contributed by atoms with van der Waals surface area (Å²) in [5.41, 5.74) is 5.08. The van der Waals surface area contributed by atoms with Gasteiger partial charge in [0.2, 0.25) is 0 Å². The second kappa shape index (κ2) is 7.58. The van der Waals surface area contributed by atoms with E-state index in [4.69, 9.17) is 0 Å². The average molecular weight is 340 g/mol. The first-order valence-corrected chi connectivity index (χ1v) is 10.1. The van der Waals surface area contributed by atoms with Crippen molar-refractivity contribution in [2.75, 3.05) is 18.6 Å². The van der Waals surface area contributed by atoms with E-state index in [1.807, 2.05) is 40.7 Å². The monoisotopic (exact) mass is 339 g/mol. The maximum absolute atomic E-state index is 11.9. The molecule has 1 aromatic carbocycles. The van der Waals surface area contributed by atoms with Crippen LogP contribution in [-0.2, 0) is 16.4 Å². The Kier molecular flexibility index (Phi) is 6.54. The van der Waals surface area contributed by atoms with Gasteiger partial charge in [0.05, 0.1) is 5.75 Å². The number of hydrogen-bond acceptors (Lipinski definition) is 4. The Morgan fingerprint density at radius 3 is 2.22 bits per heavy atom. The highest BCUT2D eigenvalue weighted by atomic mass is 32.2. The third kappa shape index (κ3) is 5.15. The van der Waals surface area contributed by atoms with Crippen molar-refractivity contribution in [3.8, 4) is 0 Å². The van der Waals surface area contributed by atoms with Gasteiger partial charge in [-0.25, -0.2) is 8.42 Å². The van der Waals surface area contributed by atoms with Crippen molar-refractivity contribution in [1.82, 2.24) is 4.90 Å². The summed E-state index contributed by atoms with van der Waals surface area (Å²) in [4.78, 5) is 14.1.